The summed E-state index contributed by atoms with van der Waals surface area (Å²) in [5, 5.41) is 8.91. The number of hydrogen-bond acceptors (Lipinski definition) is 3. The van der Waals surface area contributed by atoms with Gasteiger partial charge in [0.15, 0.2) is 0 Å². The van der Waals surface area contributed by atoms with Gasteiger partial charge in [0.05, 0.1) is 0 Å². The van der Waals surface area contributed by atoms with Crippen molar-refractivity contribution >= 4 is 5.78 Å². The number of Topliss-reactive ketones (excluding diaryl/α,β-unsaturated/α-hetero) is 1. The fourth-order valence-electron chi connectivity index (χ4n) is 1.34. The second-order valence-electron chi connectivity index (χ2n) is 3.82. The van der Waals surface area contributed by atoms with Crippen molar-refractivity contribution in [1.82, 2.24) is 4.90 Å². The number of benzene rings is 1. The molecule has 1 aromatic rings. The summed E-state index contributed by atoms with van der Waals surface area (Å²) >= 11 is 0. The number of rotatable bonds is 3. The van der Waals surface area contributed by atoms with Crippen molar-refractivity contribution in [1.29, 1.82) is 5.26 Å². The van der Waals surface area contributed by atoms with Crippen LogP contribution in [0.25, 0.3) is 0 Å². The van der Waals surface area contributed by atoms with Gasteiger partial charge in [-0.2, -0.15) is 5.26 Å². The van der Waals surface area contributed by atoms with E-state index in [9.17, 15) is 4.79 Å². The number of carbonyl (C=O) groups is 1. The van der Waals surface area contributed by atoms with Crippen LogP contribution < -0.4 is 0 Å². The van der Waals surface area contributed by atoms with Crippen LogP contribution in [0.15, 0.2) is 36.0 Å². The summed E-state index contributed by atoms with van der Waals surface area (Å²) < 4.78 is 0. The highest BCUT2D eigenvalue weighted by Gasteiger charge is 2.11. The molecule has 3 heteroatoms. The monoisotopic (exact) mass is 214 g/mol. The predicted octanol–water partition coefficient (Wildman–Crippen LogP) is 2.15. The summed E-state index contributed by atoms with van der Waals surface area (Å²) in [5.74, 6) is -0.236. The zero-order valence-electron chi connectivity index (χ0n) is 9.69. The Bertz CT molecular complexity index is 467. The lowest BCUT2D eigenvalue weighted by Crippen LogP contribution is -2.08. The van der Waals surface area contributed by atoms with Gasteiger partial charge >= 0.3 is 0 Å². The normalized spacial score (nSPS) is 10.8. The molecule has 0 aliphatic heterocycles. The first kappa shape index (κ1) is 12.0. The molecule has 82 valence electrons. The number of carbonyl (C=O) groups excluding carboxylic acids is 1. The van der Waals surface area contributed by atoms with E-state index in [2.05, 4.69) is 0 Å². The van der Waals surface area contributed by atoms with Gasteiger partial charge in [-0.3, -0.25) is 4.79 Å². The average Bonchev–Trinajstić information content (AvgIpc) is 2.24. The SMILES string of the molecule is Cc1cccc(C(=O)/C(C#N)=C\N(C)C)c1. The third kappa shape index (κ3) is 2.96. The van der Waals surface area contributed by atoms with E-state index in [0.717, 1.165) is 5.56 Å². The Kier molecular flexibility index (Phi) is 3.84. The molecule has 16 heavy (non-hydrogen) atoms. The molecule has 1 aromatic carbocycles. The number of nitriles is 1. The lowest BCUT2D eigenvalue weighted by molar-refractivity contribution is 0.103. The van der Waals surface area contributed by atoms with Crippen LogP contribution in [-0.4, -0.2) is 24.8 Å². The molecule has 0 fully saturated rings. The van der Waals surface area contributed by atoms with Crippen molar-refractivity contribution in [2.45, 2.75) is 6.92 Å². The Morgan fingerprint density at radius 2 is 2.12 bits per heavy atom. The Morgan fingerprint density at radius 3 is 2.62 bits per heavy atom. The van der Waals surface area contributed by atoms with E-state index in [1.165, 1.54) is 6.20 Å². The van der Waals surface area contributed by atoms with Crippen molar-refractivity contribution in [2.24, 2.45) is 0 Å². The summed E-state index contributed by atoms with van der Waals surface area (Å²) in [6.45, 7) is 1.92. The molecule has 0 amide bonds. The van der Waals surface area contributed by atoms with Crippen LogP contribution in [-0.2, 0) is 0 Å². The van der Waals surface area contributed by atoms with Crippen LogP contribution in [0, 0.1) is 18.3 Å². The Balaban J connectivity index is 3.07. The van der Waals surface area contributed by atoms with Gasteiger partial charge in [-0.1, -0.05) is 23.8 Å². The van der Waals surface area contributed by atoms with Crippen molar-refractivity contribution in [3.05, 3.63) is 47.2 Å². The fourth-order valence-corrected chi connectivity index (χ4v) is 1.34. The van der Waals surface area contributed by atoms with Gasteiger partial charge in [-0.05, 0) is 13.0 Å². The molecule has 0 heterocycles. The van der Waals surface area contributed by atoms with Gasteiger partial charge in [-0.15, -0.1) is 0 Å². The van der Waals surface area contributed by atoms with Crippen LogP contribution in [0.2, 0.25) is 0 Å². The Morgan fingerprint density at radius 1 is 1.44 bits per heavy atom. The maximum absolute atomic E-state index is 11.9. The van der Waals surface area contributed by atoms with E-state index >= 15 is 0 Å². The molecule has 1 rings (SSSR count). The van der Waals surface area contributed by atoms with E-state index in [-0.39, 0.29) is 11.4 Å². The molecule has 0 unspecified atom stereocenters. The quantitative estimate of drug-likeness (QED) is 0.440. The van der Waals surface area contributed by atoms with Gasteiger partial charge in [0, 0.05) is 25.9 Å². The minimum Gasteiger partial charge on any atom is -0.382 e. The van der Waals surface area contributed by atoms with Crippen molar-refractivity contribution in [3.8, 4) is 6.07 Å². The second kappa shape index (κ2) is 5.13. The molecule has 0 N–H and O–H groups in total. The van der Waals surface area contributed by atoms with Crippen LogP contribution in [0.3, 0.4) is 0 Å². The summed E-state index contributed by atoms with van der Waals surface area (Å²) in [6.07, 6.45) is 1.53. The van der Waals surface area contributed by atoms with Gasteiger partial charge in [0.25, 0.3) is 0 Å². The molecule has 0 bridgehead atoms. The second-order valence-corrected chi connectivity index (χ2v) is 3.82. The molecule has 0 aromatic heterocycles. The summed E-state index contributed by atoms with van der Waals surface area (Å²) in [7, 11) is 3.56. The summed E-state index contributed by atoms with van der Waals surface area (Å²) in [6, 6.07) is 9.15. The largest absolute Gasteiger partial charge is 0.382 e. The van der Waals surface area contributed by atoms with Crippen LogP contribution in [0.1, 0.15) is 15.9 Å². The van der Waals surface area contributed by atoms with Crippen LogP contribution >= 0.6 is 0 Å². The smallest absolute Gasteiger partial charge is 0.205 e. The molecule has 0 aliphatic carbocycles. The van der Waals surface area contributed by atoms with Gasteiger partial charge in [-0.25, -0.2) is 0 Å². The highest BCUT2D eigenvalue weighted by Crippen LogP contribution is 2.10. The molecule has 0 atom stereocenters. The van der Waals surface area contributed by atoms with Crippen LogP contribution in [0.5, 0.6) is 0 Å². The maximum atomic E-state index is 11.9. The van der Waals surface area contributed by atoms with E-state index in [4.69, 9.17) is 5.26 Å². The van der Waals surface area contributed by atoms with E-state index in [1.807, 2.05) is 25.1 Å². The molecular weight excluding hydrogens is 200 g/mol. The number of allylic oxidation sites excluding steroid dienone is 1. The van der Waals surface area contributed by atoms with E-state index in [0.29, 0.717) is 5.56 Å². The molecule has 0 aliphatic rings. The van der Waals surface area contributed by atoms with Crippen molar-refractivity contribution in [2.75, 3.05) is 14.1 Å². The average molecular weight is 214 g/mol. The first-order chi connectivity index (χ1) is 7.54. The zero-order chi connectivity index (χ0) is 12.1. The first-order valence-electron chi connectivity index (χ1n) is 4.94. The number of aryl methyl sites for hydroxylation is 1. The molecular formula is C13H14N2O. The third-order valence-corrected chi connectivity index (χ3v) is 2.03. The maximum Gasteiger partial charge on any atom is 0.205 e. The van der Waals surface area contributed by atoms with Crippen LogP contribution in [0.4, 0.5) is 0 Å². The Labute approximate surface area is 95.6 Å². The zero-order valence-corrected chi connectivity index (χ0v) is 9.69. The lowest BCUT2D eigenvalue weighted by Gasteiger charge is -2.06. The minimum atomic E-state index is -0.236. The highest BCUT2D eigenvalue weighted by atomic mass is 16.1. The minimum absolute atomic E-state index is 0.149. The van der Waals surface area contributed by atoms with Gasteiger partial charge < -0.3 is 4.90 Å². The lowest BCUT2D eigenvalue weighted by atomic mass is 10.0. The third-order valence-electron chi connectivity index (χ3n) is 2.03. The standard InChI is InChI=1S/C13H14N2O/c1-10-5-4-6-11(7-10)13(16)12(8-14)9-15(2)3/h4-7,9H,1-3H3/b12-9-. The van der Waals surface area contributed by atoms with Crippen molar-refractivity contribution in [3.63, 3.8) is 0 Å². The Hall–Kier alpha value is -2.08. The molecule has 0 saturated carbocycles. The molecule has 0 spiro atoms. The van der Waals surface area contributed by atoms with Gasteiger partial charge in [0.1, 0.15) is 11.6 Å². The first-order valence-corrected chi connectivity index (χ1v) is 4.94. The molecule has 3 nitrogen and oxygen atoms in total. The fraction of sp³-hybridized carbons (Fsp3) is 0.231. The number of hydrogen-bond donors (Lipinski definition) is 0. The van der Waals surface area contributed by atoms with Crippen molar-refractivity contribution < 1.29 is 4.79 Å². The predicted molar refractivity (Wildman–Crippen MR) is 62.9 cm³/mol. The molecule has 0 radical (unpaired) electrons. The number of ketones is 1. The molecule has 0 saturated heterocycles. The highest BCUT2D eigenvalue weighted by molar-refractivity contribution is 6.11. The topological polar surface area (TPSA) is 44.1 Å². The van der Waals surface area contributed by atoms with E-state index < -0.39 is 0 Å². The number of nitrogens with zero attached hydrogens (tertiary/aromatic N) is 2. The summed E-state index contributed by atoms with van der Waals surface area (Å²) in [4.78, 5) is 13.6. The van der Waals surface area contributed by atoms with E-state index in [1.54, 1.807) is 31.1 Å². The van der Waals surface area contributed by atoms with Gasteiger partial charge in [0.2, 0.25) is 5.78 Å². The summed E-state index contributed by atoms with van der Waals surface area (Å²) in [5.41, 5.74) is 1.71.